The fourth-order valence-corrected chi connectivity index (χ4v) is 5.34. The van der Waals surface area contributed by atoms with E-state index in [4.69, 9.17) is 17.3 Å². The van der Waals surface area contributed by atoms with Crippen molar-refractivity contribution < 1.29 is 14.7 Å². The van der Waals surface area contributed by atoms with Gasteiger partial charge in [0.2, 0.25) is 0 Å². The average molecular weight is 475 g/mol. The number of nitrogens with zero attached hydrogens (tertiary/aromatic N) is 4. The van der Waals surface area contributed by atoms with E-state index in [0.717, 1.165) is 67.7 Å². The minimum atomic E-state index is -1.15. The second-order valence-electron chi connectivity index (χ2n) is 7.87. The molecular weight excluding hydrogens is 448 g/mol. The molecule has 2 saturated heterocycles. The van der Waals surface area contributed by atoms with E-state index in [1.807, 2.05) is 13.0 Å². The molecule has 1 aromatic rings. The van der Waals surface area contributed by atoms with Gasteiger partial charge >= 0.3 is 5.97 Å². The number of aromatic nitrogens is 1. The average Bonchev–Trinajstić information content (AvgIpc) is 2.94. The molecule has 3 heterocycles. The zero-order chi connectivity index (χ0) is 23.4. The standard InChI is InChI=1S/C22H26N4O4S2/c1-3-8-25-19(24-9-6-4-5-7-10-24)15(14(2)16(12-23)20(25)29)11-17-21(30)26(13-18(27)28)22(31)32-17/h11H,3-10,13H2,1-2H3,(H,27,28). The van der Waals surface area contributed by atoms with Crippen molar-refractivity contribution in [1.29, 1.82) is 5.26 Å². The Balaban J connectivity index is 2.23. The van der Waals surface area contributed by atoms with Crippen LogP contribution >= 0.6 is 24.0 Å². The third-order valence-corrected chi connectivity index (χ3v) is 7.02. The molecule has 1 amide bonds. The number of aliphatic carboxylic acids is 1. The summed E-state index contributed by atoms with van der Waals surface area (Å²) in [5, 5.41) is 18.8. The summed E-state index contributed by atoms with van der Waals surface area (Å²) in [7, 11) is 0. The fraction of sp³-hybridized carbons (Fsp3) is 0.500. The number of carbonyl (C=O) groups excluding carboxylic acids is 1. The van der Waals surface area contributed by atoms with E-state index in [-0.39, 0.29) is 15.4 Å². The summed E-state index contributed by atoms with van der Waals surface area (Å²) in [6, 6.07) is 2.04. The van der Waals surface area contributed by atoms with E-state index < -0.39 is 18.4 Å². The van der Waals surface area contributed by atoms with Crippen LogP contribution in [0, 0.1) is 18.3 Å². The van der Waals surface area contributed by atoms with Crippen LogP contribution in [0.5, 0.6) is 0 Å². The molecule has 10 heteroatoms. The van der Waals surface area contributed by atoms with E-state index in [2.05, 4.69) is 4.90 Å². The second kappa shape index (κ2) is 10.3. The van der Waals surface area contributed by atoms with Gasteiger partial charge < -0.3 is 10.0 Å². The van der Waals surface area contributed by atoms with Crippen molar-refractivity contribution in [3.63, 3.8) is 0 Å². The molecule has 32 heavy (non-hydrogen) atoms. The number of carbonyl (C=O) groups is 2. The van der Waals surface area contributed by atoms with Gasteiger partial charge in [-0.15, -0.1) is 0 Å². The number of carboxylic acids is 1. The van der Waals surface area contributed by atoms with Gasteiger partial charge in [0.05, 0.1) is 4.91 Å². The second-order valence-corrected chi connectivity index (χ2v) is 9.54. The molecule has 1 N–H and O–H groups in total. The van der Waals surface area contributed by atoms with Gasteiger partial charge in [-0.3, -0.25) is 23.9 Å². The van der Waals surface area contributed by atoms with Gasteiger partial charge in [-0.1, -0.05) is 43.7 Å². The lowest BCUT2D eigenvalue weighted by Crippen LogP contribution is -2.35. The number of amides is 1. The molecule has 0 unspecified atom stereocenters. The molecule has 170 valence electrons. The Kier molecular flexibility index (Phi) is 7.74. The van der Waals surface area contributed by atoms with Crippen LogP contribution in [0.1, 0.15) is 55.7 Å². The Morgan fingerprint density at radius 1 is 1.25 bits per heavy atom. The van der Waals surface area contributed by atoms with Gasteiger partial charge in [0, 0.05) is 25.2 Å². The third-order valence-electron chi connectivity index (χ3n) is 5.64. The number of thioether (sulfide) groups is 1. The Bertz CT molecular complexity index is 1080. The van der Waals surface area contributed by atoms with Gasteiger partial charge in [0.15, 0.2) is 0 Å². The summed E-state index contributed by atoms with van der Waals surface area (Å²) in [6.07, 6.45) is 6.62. The van der Waals surface area contributed by atoms with Crippen molar-refractivity contribution in [2.45, 2.75) is 52.5 Å². The Hall–Kier alpha value is -2.64. The van der Waals surface area contributed by atoms with Gasteiger partial charge in [-0.05, 0) is 37.8 Å². The highest BCUT2D eigenvalue weighted by atomic mass is 32.2. The van der Waals surface area contributed by atoms with E-state index in [1.165, 1.54) is 0 Å². The van der Waals surface area contributed by atoms with Crippen molar-refractivity contribution in [1.82, 2.24) is 9.47 Å². The number of thiocarbonyl (C=S) groups is 1. The van der Waals surface area contributed by atoms with Crippen molar-refractivity contribution >= 4 is 52.1 Å². The summed E-state index contributed by atoms with van der Waals surface area (Å²) in [6.45, 7) is 5.23. The predicted molar refractivity (Wildman–Crippen MR) is 129 cm³/mol. The highest BCUT2D eigenvalue weighted by Gasteiger charge is 2.34. The predicted octanol–water partition coefficient (Wildman–Crippen LogP) is 3.10. The number of hydrogen-bond acceptors (Lipinski definition) is 7. The summed E-state index contributed by atoms with van der Waals surface area (Å²) >= 11 is 6.26. The molecule has 0 radical (unpaired) electrons. The van der Waals surface area contributed by atoms with E-state index in [9.17, 15) is 19.6 Å². The summed E-state index contributed by atoms with van der Waals surface area (Å²) in [5.74, 6) is -0.902. The lowest BCUT2D eigenvalue weighted by molar-refractivity contribution is -0.140. The quantitative estimate of drug-likeness (QED) is 0.495. The Morgan fingerprint density at radius 3 is 2.47 bits per heavy atom. The van der Waals surface area contributed by atoms with Gasteiger partial charge in [0.1, 0.15) is 28.3 Å². The molecule has 1 aromatic heterocycles. The van der Waals surface area contributed by atoms with Crippen LogP contribution in [-0.4, -0.2) is 50.4 Å². The van der Waals surface area contributed by atoms with E-state index in [1.54, 1.807) is 17.6 Å². The van der Waals surface area contributed by atoms with Crippen LogP contribution in [-0.2, 0) is 16.1 Å². The summed E-state index contributed by atoms with van der Waals surface area (Å²) in [4.78, 5) is 40.7. The lowest BCUT2D eigenvalue weighted by Gasteiger charge is -2.29. The van der Waals surface area contributed by atoms with Crippen LogP contribution in [0.15, 0.2) is 9.70 Å². The number of nitriles is 1. The number of hydrogen-bond donors (Lipinski definition) is 1. The maximum atomic E-state index is 13.2. The summed E-state index contributed by atoms with van der Waals surface area (Å²) in [5.41, 5.74) is 0.908. The van der Waals surface area contributed by atoms with Crippen molar-refractivity contribution in [2.24, 2.45) is 0 Å². The monoisotopic (exact) mass is 474 g/mol. The van der Waals surface area contributed by atoms with Gasteiger partial charge in [-0.25, -0.2) is 0 Å². The van der Waals surface area contributed by atoms with Crippen LogP contribution in [0.2, 0.25) is 0 Å². The van der Waals surface area contributed by atoms with Crippen LogP contribution < -0.4 is 10.5 Å². The fourth-order valence-electron chi connectivity index (χ4n) is 4.10. The molecule has 0 atom stereocenters. The molecule has 0 bridgehead atoms. The minimum Gasteiger partial charge on any atom is -0.480 e. The highest BCUT2D eigenvalue weighted by molar-refractivity contribution is 8.26. The van der Waals surface area contributed by atoms with Gasteiger partial charge in [-0.2, -0.15) is 5.26 Å². The third kappa shape index (κ3) is 4.74. The topological polar surface area (TPSA) is 107 Å². The summed E-state index contributed by atoms with van der Waals surface area (Å²) < 4.78 is 1.83. The molecule has 0 spiro atoms. The molecule has 8 nitrogen and oxygen atoms in total. The van der Waals surface area contributed by atoms with Crippen molar-refractivity contribution in [2.75, 3.05) is 24.5 Å². The molecule has 0 saturated carbocycles. The molecule has 0 aromatic carbocycles. The molecule has 2 fully saturated rings. The number of rotatable bonds is 6. The lowest BCUT2D eigenvalue weighted by atomic mass is 10.0. The maximum absolute atomic E-state index is 13.2. The molecular formula is C22H26N4O4S2. The van der Waals surface area contributed by atoms with Crippen molar-refractivity contribution in [3.05, 3.63) is 31.9 Å². The molecule has 3 rings (SSSR count). The van der Waals surface area contributed by atoms with Gasteiger partial charge in [0.25, 0.3) is 11.5 Å². The van der Waals surface area contributed by atoms with Crippen LogP contribution in [0.3, 0.4) is 0 Å². The number of carboxylic acid groups (broad SMARTS) is 1. The highest BCUT2D eigenvalue weighted by Crippen LogP contribution is 2.36. The van der Waals surface area contributed by atoms with E-state index >= 15 is 0 Å². The van der Waals surface area contributed by atoms with Crippen LogP contribution in [0.25, 0.3) is 6.08 Å². The smallest absolute Gasteiger partial charge is 0.323 e. The maximum Gasteiger partial charge on any atom is 0.323 e. The number of anilines is 1. The first kappa shape index (κ1) is 24.0. The zero-order valence-electron chi connectivity index (χ0n) is 18.2. The first-order valence-corrected chi connectivity index (χ1v) is 11.9. The van der Waals surface area contributed by atoms with Crippen LogP contribution in [0.4, 0.5) is 5.82 Å². The Morgan fingerprint density at radius 2 is 1.91 bits per heavy atom. The minimum absolute atomic E-state index is 0.0595. The SMILES string of the molecule is CCCn1c(N2CCCCCC2)c(C=C2SC(=S)N(CC(=O)O)C2=O)c(C)c(C#N)c1=O. The zero-order valence-corrected chi connectivity index (χ0v) is 19.9. The number of pyridine rings is 1. The first-order chi connectivity index (χ1) is 15.3. The van der Waals surface area contributed by atoms with Crippen molar-refractivity contribution in [3.8, 4) is 6.07 Å². The first-order valence-electron chi connectivity index (χ1n) is 10.7. The Labute approximate surface area is 196 Å². The molecule has 2 aliphatic heterocycles. The largest absolute Gasteiger partial charge is 0.480 e. The normalized spacial score (nSPS) is 18.2. The van der Waals surface area contributed by atoms with E-state index in [0.29, 0.717) is 22.6 Å². The molecule has 2 aliphatic rings. The molecule has 0 aliphatic carbocycles.